The molecule has 0 aromatic heterocycles. The molecule has 0 spiro atoms. The summed E-state index contributed by atoms with van der Waals surface area (Å²) in [4.78, 5) is 2.58. The predicted octanol–water partition coefficient (Wildman–Crippen LogP) is 1.53. The van der Waals surface area contributed by atoms with Crippen LogP contribution in [-0.4, -0.2) is 50.3 Å². The standard InChI is InChI=1S/C17H25N3O2S/c1-18-23(21,22)20-9-4-6-14-12-19-10-8-13-5-2-3-7-15(13)17(19)11-16(14)20/h2-3,5,7,14,16-18H,4,6,8-12H2,1H3/t14-,16+,17+/m1/s1. The molecule has 1 aromatic carbocycles. The molecule has 3 aliphatic rings. The lowest BCUT2D eigenvalue weighted by Crippen LogP contribution is -2.58. The third-order valence-electron chi connectivity index (χ3n) is 5.89. The summed E-state index contributed by atoms with van der Waals surface area (Å²) in [5.41, 5.74) is 2.84. The van der Waals surface area contributed by atoms with Gasteiger partial charge in [-0.05, 0) is 42.7 Å². The van der Waals surface area contributed by atoms with Gasteiger partial charge in [0.05, 0.1) is 0 Å². The molecule has 0 saturated carbocycles. The molecule has 6 heteroatoms. The topological polar surface area (TPSA) is 52.7 Å². The number of nitrogens with one attached hydrogen (secondary N) is 1. The number of nitrogens with zero attached hydrogens (tertiary/aromatic N) is 2. The van der Waals surface area contributed by atoms with E-state index in [0.29, 0.717) is 18.5 Å². The second-order valence-corrected chi connectivity index (χ2v) is 8.81. The van der Waals surface area contributed by atoms with Crippen LogP contribution in [0.25, 0.3) is 0 Å². The molecule has 0 unspecified atom stereocenters. The van der Waals surface area contributed by atoms with Gasteiger partial charge in [0.25, 0.3) is 10.2 Å². The molecule has 1 aromatic rings. The van der Waals surface area contributed by atoms with Crippen LogP contribution in [0.1, 0.15) is 36.4 Å². The lowest BCUT2D eigenvalue weighted by Gasteiger charge is -2.51. The first kappa shape index (κ1) is 15.6. The van der Waals surface area contributed by atoms with Gasteiger partial charge in [0.1, 0.15) is 0 Å². The second-order valence-electron chi connectivity index (χ2n) is 6.98. The molecule has 0 bridgehead atoms. The Balaban J connectivity index is 1.66. The normalized spacial score (nSPS) is 32.0. The van der Waals surface area contributed by atoms with Crippen LogP contribution in [0.5, 0.6) is 0 Å². The molecule has 0 radical (unpaired) electrons. The maximum atomic E-state index is 12.4. The van der Waals surface area contributed by atoms with Gasteiger partial charge in [-0.25, -0.2) is 4.72 Å². The Morgan fingerprint density at radius 2 is 2.04 bits per heavy atom. The SMILES string of the molecule is CNS(=O)(=O)N1CCC[C@@H]2CN3CCc4ccccc4[C@@H]3C[C@@H]21. The quantitative estimate of drug-likeness (QED) is 0.892. The smallest absolute Gasteiger partial charge is 0.279 e. The van der Waals surface area contributed by atoms with E-state index in [1.54, 1.807) is 4.31 Å². The average molecular weight is 335 g/mol. The molecule has 3 heterocycles. The van der Waals surface area contributed by atoms with Crippen molar-refractivity contribution in [3.8, 4) is 0 Å². The Kier molecular flexibility index (Phi) is 3.96. The second kappa shape index (κ2) is 5.84. The maximum absolute atomic E-state index is 12.4. The zero-order valence-corrected chi connectivity index (χ0v) is 14.4. The lowest BCUT2D eigenvalue weighted by molar-refractivity contribution is 0.0216. The fourth-order valence-corrected chi connectivity index (χ4v) is 5.99. The van der Waals surface area contributed by atoms with Crippen LogP contribution in [0.15, 0.2) is 24.3 Å². The molecular formula is C17H25N3O2S. The van der Waals surface area contributed by atoms with Gasteiger partial charge in [-0.15, -0.1) is 0 Å². The largest absolute Gasteiger partial charge is 0.296 e. The Labute approximate surface area is 138 Å². The Hall–Kier alpha value is -0.950. The number of rotatable bonds is 2. The third-order valence-corrected chi connectivity index (χ3v) is 7.48. The van der Waals surface area contributed by atoms with E-state index in [1.165, 1.54) is 18.2 Å². The molecule has 4 rings (SSSR count). The lowest BCUT2D eigenvalue weighted by atomic mass is 9.77. The molecule has 0 amide bonds. The van der Waals surface area contributed by atoms with E-state index >= 15 is 0 Å². The molecule has 0 aliphatic carbocycles. The van der Waals surface area contributed by atoms with E-state index in [9.17, 15) is 8.42 Å². The number of benzene rings is 1. The first-order valence-corrected chi connectivity index (χ1v) is 10.1. The van der Waals surface area contributed by atoms with Crippen molar-refractivity contribution in [1.82, 2.24) is 13.9 Å². The average Bonchev–Trinajstić information content (AvgIpc) is 2.59. The summed E-state index contributed by atoms with van der Waals surface area (Å²) in [7, 11) is -1.82. The van der Waals surface area contributed by atoms with E-state index in [2.05, 4.69) is 33.9 Å². The van der Waals surface area contributed by atoms with Crippen LogP contribution in [0.2, 0.25) is 0 Å². The molecule has 2 fully saturated rings. The first-order chi connectivity index (χ1) is 11.1. The van der Waals surface area contributed by atoms with Crippen LogP contribution in [0, 0.1) is 5.92 Å². The Morgan fingerprint density at radius 1 is 1.22 bits per heavy atom. The summed E-state index contributed by atoms with van der Waals surface area (Å²) in [6.07, 6.45) is 4.15. The minimum atomic E-state index is -3.34. The van der Waals surface area contributed by atoms with Crippen molar-refractivity contribution in [2.45, 2.75) is 37.8 Å². The molecule has 3 atom stereocenters. The zero-order valence-electron chi connectivity index (χ0n) is 13.6. The van der Waals surface area contributed by atoms with Crippen molar-refractivity contribution in [3.05, 3.63) is 35.4 Å². The molecule has 3 aliphatic heterocycles. The van der Waals surface area contributed by atoms with Crippen LogP contribution in [0.3, 0.4) is 0 Å². The molecular weight excluding hydrogens is 310 g/mol. The minimum absolute atomic E-state index is 0.133. The van der Waals surface area contributed by atoms with Gasteiger partial charge in [0, 0.05) is 38.8 Å². The summed E-state index contributed by atoms with van der Waals surface area (Å²) in [5.74, 6) is 0.466. The zero-order chi connectivity index (χ0) is 16.0. The Bertz CT molecular complexity index is 691. The van der Waals surface area contributed by atoms with Gasteiger partial charge in [-0.1, -0.05) is 24.3 Å². The maximum Gasteiger partial charge on any atom is 0.279 e. The van der Waals surface area contributed by atoms with E-state index in [4.69, 9.17) is 0 Å². The number of fused-ring (bicyclic) bond motifs is 4. The summed E-state index contributed by atoms with van der Waals surface area (Å²) in [6, 6.07) is 9.17. The van der Waals surface area contributed by atoms with Crippen LogP contribution in [0.4, 0.5) is 0 Å². The minimum Gasteiger partial charge on any atom is -0.296 e. The van der Waals surface area contributed by atoms with Crippen molar-refractivity contribution in [2.75, 3.05) is 26.7 Å². The molecule has 1 N–H and O–H groups in total. The highest BCUT2D eigenvalue weighted by Crippen LogP contribution is 2.43. The van der Waals surface area contributed by atoms with E-state index in [-0.39, 0.29) is 6.04 Å². The van der Waals surface area contributed by atoms with Crippen molar-refractivity contribution in [3.63, 3.8) is 0 Å². The van der Waals surface area contributed by atoms with E-state index < -0.39 is 10.2 Å². The van der Waals surface area contributed by atoms with Crippen molar-refractivity contribution < 1.29 is 8.42 Å². The van der Waals surface area contributed by atoms with Crippen LogP contribution in [-0.2, 0) is 16.6 Å². The van der Waals surface area contributed by atoms with Gasteiger partial charge in [0.15, 0.2) is 0 Å². The van der Waals surface area contributed by atoms with Crippen molar-refractivity contribution >= 4 is 10.2 Å². The summed E-state index contributed by atoms with van der Waals surface area (Å²) in [5, 5.41) is 0. The van der Waals surface area contributed by atoms with Gasteiger partial charge < -0.3 is 0 Å². The highest BCUT2D eigenvalue weighted by molar-refractivity contribution is 7.87. The van der Waals surface area contributed by atoms with E-state index in [1.807, 2.05) is 0 Å². The van der Waals surface area contributed by atoms with Gasteiger partial charge >= 0.3 is 0 Å². The van der Waals surface area contributed by atoms with Crippen molar-refractivity contribution in [1.29, 1.82) is 0 Å². The van der Waals surface area contributed by atoms with Crippen LogP contribution < -0.4 is 4.72 Å². The fraction of sp³-hybridized carbons (Fsp3) is 0.647. The highest BCUT2D eigenvalue weighted by Gasteiger charge is 2.45. The third kappa shape index (κ3) is 2.61. The summed E-state index contributed by atoms with van der Waals surface area (Å²) in [6.45, 7) is 2.78. The van der Waals surface area contributed by atoms with Gasteiger partial charge in [-0.2, -0.15) is 12.7 Å². The number of hydrogen-bond acceptors (Lipinski definition) is 3. The summed E-state index contributed by atoms with van der Waals surface area (Å²) < 4.78 is 29.1. The summed E-state index contributed by atoms with van der Waals surface area (Å²) >= 11 is 0. The molecule has 5 nitrogen and oxygen atoms in total. The van der Waals surface area contributed by atoms with Gasteiger partial charge in [-0.3, -0.25) is 4.90 Å². The first-order valence-electron chi connectivity index (χ1n) is 8.62. The number of hydrogen-bond donors (Lipinski definition) is 1. The van der Waals surface area contributed by atoms with Crippen LogP contribution >= 0.6 is 0 Å². The van der Waals surface area contributed by atoms with Gasteiger partial charge in [0.2, 0.25) is 0 Å². The molecule has 126 valence electrons. The predicted molar refractivity (Wildman–Crippen MR) is 90.3 cm³/mol. The monoisotopic (exact) mass is 335 g/mol. The fourth-order valence-electron chi connectivity index (χ4n) is 4.77. The van der Waals surface area contributed by atoms with Crippen molar-refractivity contribution in [2.24, 2.45) is 5.92 Å². The highest BCUT2D eigenvalue weighted by atomic mass is 32.2. The van der Waals surface area contributed by atoms with E-state index in [0.717, 1.165) is 38.8 Å². The Morgan fingerprint density at radius 3 is 2.87 bits per heavy atom. The number of piperidine rings is 2. The molecule has 2 saturated heterocycles. The molecule has 23 heavy (non-hydrogen) atoms.